The summed E-state index contributed by atoms with van der Waals surface area (Å²) in [6, 6.07) is 16.0. The molecule has 0 saturated carbocycles. The number of nitrogens with one attached hydrogen (secondary N) is 1. The van der Waals surface area contributed by atoms with Crippen molar-refractivity contribution in [3.8, 4) is 11.6 Å². The Morgan fingerprint density at radius 3 is 2.42 bits per heavy atom. The van der Waals surface area contributed by atoms with E-state index >= 15 is 0 Å². The first kappa shape index (κ1) is 15.6. The number of rotatable bonds is 4. The molecule has 1 aromatic heterocycles. The summed E-state index contributed by atoms with van der Waals surface area (Å²) >= 11 is 0. The molecule has 1 N–H and O–H groups in total. The van der Waals surface area contributed by atoms with E-state index in [1.165, 1.54) is 18.2 Å². The molecule has 1 amide bonds. The van der Waals surface area contributed by atoms with Gasteiger partial charge in [-0.1, -0.05) is 12.1 Å². The maximum atomic E-state index is 13.6. The lowest BCUT2D eigenvalue weighted by atomic mass is 10.2. The minimum absolute atomic E-state index is 0.00671. The van der Waals surface area contributed by atoms with Gasteiger partial charge in [-0.15, -0.1) is 5.10 Å². The van der Waals surface area contributed by atoms with E-state index in [0.29, 0.717) is 17.3 Å². The number of benzene rings is 2. The van der Waals surface area contributed by atoms with Gasteiger partial charge in [-0.2, -0.15) is 5.10 Å². The number of carbonyl (C=O) groups is 1. The molecule has 0 atom stereocenters. The minimum Gasteiger partial charge on any atom is -0.438 e. The van der Waals surface area contributed by atoms with Crippen LogP contribution in [0.1, 0.15) is 16.1 Å². The number of aromatic nitrogens is 2. The average molecular weight is 323 g/mol. The molecular formula is C18H14FN3O2. The molecule has 0 radical (unpaired) electrons. The van der Waals surface area contributed by atoms with Gasteiger partial charge in [0.2, 0.25) is 5.88 Å². The van der Waals surface area contributed by atoms with Crippen molar-refractivity contribution in [2.45, 2.75) is 6.92 Å². The van der Waals surface area contributed by atoms with E-state index in [2.05, 4.69) is 15.5 Å². The summed E-state index contributed by atoms with van der Waals surface area (Å²) in [4.78, 5) is 12.0. The second kappa shape index (κ2) is 6.87. The van der Waals surface area contributed by atoms with E-state index in [1.807, 2.05) is 6.92 Å². The van der Waals surface area contributed by atoms with Gasteiger partial charge < -0.3 is 10.1 Å². The molecule has 5 nitrogen and oxygen atoms in total. The molecule has 0 aliphatic heterocycles. The van der Waals surface area contributed by atoms with Crippen molar-refractivity contribution in [2.24, 2.45) is 0 Å². The zero-order chi connectivity index (χ0) is 16.9. The van der Waals surface area contributed by atoms with Crippen LogP contribution >= 0.6 is 0 Å². The van der Waals surface area contributed by atoms with Gasteiger partial charge in [0.15, 0.2) is 0 Å². The van der Waals surface area contributed by atoms with Crippen LogP contribution < -0.4 is 10.1 Å². The Hall–Kier alpha value is -3.28. The standard InChI is InChI=1S/C18H14FN3O2/c1-12-6-11-17(22-21-12)24-14-9-7-13(8-10-14)20-18(23)15-4-2-3-5-16(15)19/h2-11H,1H3,(H,20,23). The number of amides is 1. The summed E-state index contributed by atoms with van der Waals surface area (Å²) in [5.41, 5.74) is 1.33. The first-order chi connectivity index (χ1) is 11.6. The molecule has 0 unspecified atom stereocenters. The van der Waals surface area contributed by atoms with Crippen LogP contribution in [0.3, 0.4) is 0 Å². The summed E-state index contributed by atoms with van der Waals surface area (Å²) in [6.07, 6.45) is 0. The largest absolute Gasteiger partial charge is 0.438 e. The molecule has 24 heavy (non-hydrogen) atoms. The van der Waals surface area contributed by atoms with Crippen molar-refractivity contribution >= 4 is 11.6 Å². The van der Waals surface area contributed by atoms with Gasteiger partial charge in [0, 0.05) is 11.8 Å². The van der Waals surface area contributed by atoms with Gasteiger partial charge in [0.25, 0.3) is 5.91 Å². The van der Waals surface area contributed by atoms with Crippen LogP contribution in [-0.4, -0.2) is 16.1 Å². The Labute approximate surface area is 138 Å². The Morgan fingerprint density at radius 2 is 1.75 bits per heavy atom. The molecule has 6 heteroatoms. The van der Waals surface area contributed by atoms with Crippen LogP contribution in [0.25, 0.3) is 0 Å². The predicted molar refractivity (Wildman–Crippen MR) is 87.6 cm³/mol. The van der Waals surface area contributed by atoms with Crippen LogP contribution in [0, 0.1) is 12.7 Å². The summed E-state index contributed by atoms with van der Waals surface area (Å²) in [6.45, 7) is 1.84. The summed E-state index contributed by atoms with van der Waals surface area (Å²) in [7, 11) is 0. The second-order valence-electron chi connectivity index (χ2n) is 5.07. The van der Waals surface area contributed by atoms with E-state index in [4.69, 9.17) is 4.74 Å². The highest BCUT2D eigenvalue weighted by molar-refractivity contribution is 6.04. The number of ether oxygens (including phenoxy) is 1. The fraction of sp³-hybridized carbons (Fsp3) is 0.0556. The third-order valence-electron chi connectivity index (χ3n) is 3.23. The fourth-order valence-electron chi connectivity index (χ4n) is 2.01. The number of nitrogens with zero attached hydrogens (tertiary/aromatic N) is 2. The average Bonchev–Trinajstić information content (AvgIpc) is 2.59. The second-order valence-corrected chi connectivity index (χ2v) is 5.07. The van der Waals surface area contributed by atoms with Crippen LogP contribution in [0.4, 0.5) is 10.1 Å². The molecular weight excluding hydrogens is 309 g/mol. The molecule has 0 aliphatic rings. The van der Waals surface area contributed by atoms with Gasteiger partial charge >= 0.3 is 0 Å². The van der Waals surface area contributed by atoms with Crippen molar-refractivity contribution in [1.29, 1.82) is 0 Å². The van der Waals surface area contributed by atoms with Crippen LogP contribution in [0.5, 0.6) is 11.6 Å². The topological polar surface area (TPSA) is 64.1 Å². The SMILES string of the molecule is Cc1ccc(Oc2ccc(NC(=O)c3ccccc3F)cc2)nn1. The lowest BCUT2D eigenvalue weighted by molar-refractivity contribution is 0.102. The number of hydrogen-bond donors (Lipinski definition) is 1. The monoisotopic (exact) mass is 323 g/mol. The third kappa shape index (κ3) is 3.73. The quantitative estimate of drug-likeness (QED) is 0.789. The smallest absolute Gasteiger partial charge is 0.258 e. The highest BCUT2D eigenvalue weighted by Gasteiger charge is 2.11. The lowest BCUT2D eigenvalue weighted by Crippen LogP contribution is -2.13. The normalized spacial score (nSPS) is 10.2. The van der Waals surface area contributed by atoms with Crippen molar-refractivity contribution in [1.82, 2.24) is 10.2 Å². The zero-order valence-electron chi connectivity index (χ0n) is 12.9. The minimum atomic E-state index is -0.562. The van der Waals surface area contributed by atoms with Crippen molar-refractivity contribution in [3.05, 3.63) is 77.7 Å². The summed E-state index contributed by atoms with van der Waals surface area (Å²) in [5, 5.41) is 10.5. The van der Waals surface area contributed by atoms with E-state index in [0.717, 1.165) is 5.69 Å². The van der Waals surface area contributed by atoms with E-state index in [1.54, 1.807) is 42.5 Å². The van der Waals surface area contributed by atoms with Gasteiger partial charge in [0.1, 0.15) is 11.6 Å². The fourth-order valence-corrected chi connectivity index (χ4v) is 2.01. The number of carbonyl (C=O) groups excluding carboxylic acids is 1. The Morgan fingerprint density at radius 1 is 1.00 bits per heavy atom. The molecule has 120 valence electrons. The molecule has 3 rings (SSSR count). The van der Waals surface area contributed by atoms with Crippen LogP contribution in [0.2, 0.25) is 0 Å². The number of anilines is 1. The Bertz CT molecular complexity index is 849. The summed E-state index contributed by atoms with van der Waals surface area (Å²) < 4.78 is 19.1. The first-order valence-electron chi connectivity index (χ1n) is 7.26. The van der Waals surface area contributed by atoms with Gasteiger partial charge in [-0.05, 0) is 49.4 Å². The van der Waals surface area contributed by atoms with Gasteiger partial charge in [0.05, 0.1) is 11.3 Å². The number of aryl methyl sites for hydroxylation is 1. The molecule has 1 heterocycles. The molecule has 2 aromatic carbocycles. The van der Waals surface area contributed by atoms with Gasteiger partial charge in [-0.25, -0.2) is 4.39 Å². The molecule has 0 spiro atoms. The highest BCUT2D eigenvalue weighted by atomic mass is 19.1. The van der Waals surface area contributed by atoms with E-state index in [-0.39, 0.29) is 5.56 Å². The maximum Gasteiger partial charge on any atom is 0.258 e. The van der Waals surface area contributed by atoms with Crippen molar-refractivity contribution in [2.75, 3.05) is 5.32 Å². The first-order valence-corrected chi connectivity index (χ1v) is 7.26. The maximum absolute atomic E-state index is 13.6. The van der Waals surface area contributed by atoms with Crippen LogP contribution in [0.15, 0.2) is 60.7 Å². The van der Waals surface area contributed by atoms with Crippen molar-refractivity contribution in [3.63, 3.8) is 0 Å². The number of halogens is 1. The summed E-state index contributed by atoms with van der Waals surface area (Å²) in [5.74, 6) is -0.139. The molecule has 0 aliphatic carbocycles. The Kier molecular flexibility index (Phi) is 4.47. The third-order valence-corrected chi connectivity index (χ3v) is 3.23. The highest BCUT2D eigenvalue weighted by Crippen LogP contribution is 2.21. The lowest BCUT2D eigenvalue weighted by Gasteiger charge is -2.08. The van der Waals surface area contributed by atoms with Crippen molar-refractivity contribution < 1.29 is 13.9 Å². The molecule has 0 saturated heterocycles. The Balaban J connectivity index is 1.67. The van der Waals surface area contributed by atoms with Gasteiger partial charge in [-0.3, -0.25) is 4.79 Å². The molecule has 0 bridgehead atoms. The van der Waals surface area contributed by atoms with E-state index < -0.39 is 11.7 Å². The predicted octanol–water partition coefficient (Wildman–Crippen LogP) is 3.97. The van der Waals surface area contributed by atoms with Crippen LogP contribution in [-0.2, 0) is 0 Å². The zero-order valence-corrected chi connectivity index (χ0v) is 12.9. The van der Waals surface area contributed by atoms with E-state index in [9.17, 15) is 9.18 Å². The molecule has 3 aromatic rings. The molecule has 0 fully saturated rings. The number of hydrogen-bond acceptors (Lipinski definition) is 4.